The number of hydrogen-bond acceptors (Lipinski definition) is 2. The van der Waals surface area contributed by atoms with E-state index in [9.17, 15) is 0 Å². The van der Waals surface area contributed by atoms with Gasteiger partial charge in [0.2, 0.25) is 0 Å². The lowest BCUT2D eigenvalue weighted by Crippen LogP contribution is -2.40. The van der Waals surface area contributed by atoms with Crippen LogP contribution in [0.5, 0.6) is 0 Å². The summed E-state index contributed by atoms with van der Waals surface area (Å²) in [5, 5.41) is 3.91. The van der Waals surface area contributed by atoms with Gasteiger partial charge in [-0.15, -0.1) is 0 Å². The van der Waals surface area contributed by atoms with Crippen LogP contribution in [-0.2, 0) is 6.42 Å². The molecule has 1 aromatic rings. The fourth-order valence-electron chi connectivity index (χ4n) is 3.75. The minimum Gasteiger partial charge on any atom is -0.306 e. The lowest BCUT2D eigenvalue weighted by molar-refractivity contribution is 0.235. The first kappa shape index (κ1) is 12.2. The van der Waals surface area contributed by atoms with E-state index in [0.29, 0.717) is 6.04 Å². The number of nitrogens with zero attached hydrogens (tertiary/aromatic N) is 1. The maximum absolute atomic E-state index is 4.59. The topological polar surface area (TPSA) is 24.9 Å². The molecule has 0 saturated heterocycles. The van der Waals surface area contributed by atoms with Crippen LogP contribution in [-0.4, -0.2) is 11.0 Å². The van der Waals surface area contributed by atoms with E-state index in [1.54, 1.807) is 0 Å². The Labute approximate surface area is 110 Å². The second kappa shape index (κ2) is 5.40. The van der Waals surface area contributed by atoms with E-state index in [0.717, 1.165) is 12.0 Å². The minimum absolute atomic E-state index is 0.512. The Bertz CT molecular complexity index is 402. The van der Waals surface area contributed by atoms with Gasteiger partial charge in [-0.3, -0.25) is 4.98 Å². The zero-order chi connectivity index (χ0) is 12.4. The van der Waals surface area contributed by atoms with Crippen LogP contribution in [0.2, 0.25) is 0 Å². The van der Waals surface area contributed by atoms with Gasteiger partial charge >= 0.3 is 0 Å². The number of rotatable bonds is 3. The average Bonchev–Trinajstić information content (AvgIpc) is 2.83. The molecule has 3 atom stereocenters. The van der Waals surface area contributed by atoms with Crippen LogP contribution in [0.3, 0.4) is 0 Å². The molecule has 98 valence electrons. The number of hydrogen-bond donors (Lipinski definition) is 1. The van der Waals surface area contributed by atoms with E-state index in [1.165, 1.54) is 56.2 Å². The predicted octanol–water partition coefficient (Wildman–Crippen LogP) is 3.63. The Balaban J connectivity index is 1.70. The molecule has 2 heteroatoms. The lowest BCUT2D eigenvalue weighted by Gasteiger charge is -2.33. The third-order valence-electron chi connectivity index (χ3n) is 4.81. The maximum Gasteiger partial charge on any atom is 0.0605 e. The van der Waals surface area contributed by atoms with Gasteiger partial charge in [-0.1, -0.05) is 32.3 Å². The van der Waals surface area contributed by atoms with Gasteiger partial charge in [-0.25, -0.2) is 0 Å². The summed E-state index contributed by atoms with van der Waals surface area (Å²) >= 11 is 0. The van der Waals surface area contributed by atoms with Crippen molar-refractivity contribution in [2.24, 2.45) is 5.92 Å². The Morgan fingerprint density at radius 1 is 1.28 bits per heavy atom. The third kappa shape index (κ3) is 2.31. The Kier molecular flexibility index (Phi) is 3.64. The monoisotopic (exact) mass is 244 g/mol. The second-order valence-electron chi connectivity index (χ2n) is 5.86. The summed E-state index contributed by atoms with van der Waals surface area (Å²) in [5.41, 5.74) is 2.77. The smallest absolute Gasteiger partial charge is 0.0605 e. The number of aryl methyl sites for hydroxylation is 1. The van der Waals surface area contributed by atoms with Crippen LogP contribution in [0.4, 0.5) is 0 Å². The Morgan fingerprint density at radius 2 is 2.17 bits per heavy atom. The average molecular weight is 244 g/mol. The van der Waals surface area contributed by atoms with Gasteiger partial charge in [0.15, 0.2) is 0 Å². The Hall–Kier alpha value is -0.890. The molecule has 1 aromatic heterocycles. The molecule has 3 unspecified atom stereocenters. The highest BCUT2D eigenvalue weighted by atomic mass is 15.0. The molecule has 1 fully saturated rings. The van der Waals surface area contributed by atoms with Crippen molar-refractivity contribution in [2.75, 3.05) is 0 Å². The standard InChI is InChI=1S/C16H24N2/c1-2-12-6-3-4-8-14(12)18-15-10-9-13-7-5-11-17-16(13)15/h5,7,11-12,14-15,18H,2-4,6,8-10H2,1H3. The van der Waals surface area contributed by atoms with Crippen molar-refractivity contribution >= 4 is 0 Å². The largest absolute Gasteiger partial charge is 0.306 e. The van der Waals surface area contributed by atoms with Crippen molar-refractivity contribution in [1.82, 2.24) is 10.3 Å². The van der Waals surface area contributed by atoms with Gasteiger partial charge in [0.05, 0.1) is 11.7 Å². The summed E-state index contributed by atoms with van der Waals surface area (Å²) < 4.78 is 0. The highest BCUT2D eigenvalue weighted by molar-refractivity contribution is 5.28. The van der Waals surface area contributed by atoms with Gasteiger partial charge < -0.3 is 5.32 Å². The molecule has 2 aliphatic rings. The van der Waals surface area contributed by atoms with Gasteiger partial charge in [0.1, 0.15) is 0 Å². The first-order valence-electron chi connectivity index (χ1n) is 7.58. The van der Waals surface area contributed by atoms with E-state index in [-0.39, 0.29) is 0 Å². The molecule has 18 heavy (non-hydrogen) atoms. The Morgan fingerprint density at radius 3 is 3.06 bits per heavy atom. The van der Waals surface area contributed by atoms with Crippen molar-refractivity contribution in [1.29, 1.82) is 0 Å². The summed E-state index contributed by atoms with van der Waals surface area (Å²) in [6, 6.07) is 5.54. The number of aromatic nitrogens is 1. The number of pyridine rings is 1. The summed E-state index contributed by atoms with van der Waals surface area (Å²) in [5.74, 6) is 0.881. The number of nitrogens with one attached hydrogen (secondary N) is 1. The third-order valence-corrected chi connectivity index (χ3v) is 4.81. The van der Waals surface area contributed by atoms with E-state index in [1.807, 2.05) is 6.20 Å². The second-order valence-corrected chi connectivity index (χ2v) is 5.86. The van der Waals surface area contributed by atoms with Gasteiger partial charge in [-0.2, -0.15) is 0 Å². The highest BCUT2D eigenvalue weighted by Crippen LogP contribution is 2.33. The first-order chi connectivity index (χ1) is 8.88. The zero-order valence-electron chi connectivity index (χ0n) is 11.4. The van der Waals surface area contributed by atoms with Crippen LogP contribution in [0.15, 0.2) is 18.3 Å². The van der Waals surface area contributed by atoms with Gasteiger partial charge in [-0.05, 0) is 43.2 Å². The fraction of sp³-hybridized carbons (Fsp3) is 0.688. The molecule has 0 spiro atoms. The molecule has 0 amide bonds. The van der Waals surface area contributed by atoms with Crippen molar-refractivity contribution in [3.8, 4) is 0 Å². The van der Waals surface area contributed by atoms with Gasteiger partial charge in [0.25, 0.3) is 0 Å². The SMILES string of the molecule is CCC1CCCCC1NC1CCc2cccnc21. The molecule has 3 rings (SSSR count). The molecule has 2 aliphatic carbocycles. The zero-order valence-corrected chi connectivity index (χ0v) is 11.4. The fourth-order valence-corrected chi connectivity index (χ4v) is 3.75. The van der Waals surface area contributed by atoms with E-state index in [2.05, 4.69) is 29.4 Å². The first-order valence-corrected chi connectivity index (χ1v) is 7.58. The van der Waals surface area contributed by atoms with Crippen molar-refractivity contribution in [2.45, 2.75) is 64.0 Å². The quantitative estimate of drug-likeness (QED) is 0.878. The van der Waals surface area contributed by atoms with Crippen molar-refractivity contribution in [3.05, 3.63) is 29.6 Å². The van der Waals surface area contributed by atoms with Gasteiger partial charge in [0, 0.05) is 12.2 Å². The highest BCUT2D eigenvalue weighted by Gasteiger charge is 2.30. The molecule has 0 aromatic carbocycles. The molecular weight excluding hydrogens is 220 g/mol. The van der Waals surface area contributed by atoms with Crippen molar-refractivity contribution < 1.29 is 0 Å². The minimum atomic E-state index is 0.512. The maximum atomic E-state index is 4.59. The van der Waals surface area contributed by atoms with Crippen LogP contribution >= 0.6 is 0 Å². The van der Waals surface area contributed by atoms with Crippen LogP contribution in [0.1, 0.15) is 62.7 Å². The molecular formula is C16H24N2. The summed E-state index contributed by atoms with van der Waals surface area (Å²) in [4.78, 5) is 4.59. The predicted molar refractivity (Wildman–Crippen MR) is 74.5 cm³/mol. The molecule has 2 nitrogen and oxygen atoms in total. The molecule has 0 radical (unpaired) electrons. The van der Waals surface area contributed by atoms with Crippen LogP contribution in [0, 0.1) is 5.92 Å². The van der Waals surface area contributed by atoms with E-state index < -0.39 is 0 Å². The van der Waals surface area contributed by atoms with E-state index >= 15 is 0 Å². The number of fused-ring (bicyclic) bond motifs is 1. The summed E-state index contributed by atoms with van der Waals surface area (Å²) in [6.07, 6.45) is 11.3. The molecule has 0 bridgehead atoms. The summed E-state index contributed by atoms with van der Waals surface area (Å²) in [6.45, 7) is 2.34. The molecule has 1 heterocycles. The van der Waals surface area contributed by atoms with Crippen LogP contribution in [0.25, 0.3) is 0 Å². The van der Waals surface area contributed by atoms with E-state index in [4.69, 9.17) is 0 Å². The molecule has 0 aliphatic heterocycles. The molecule has 1 saturated carbocycles. The lowest BCUT2D eigenvalue weighted by atomic mass is 9.82. The van der Waals surface area contributed by atoms with Crippen LogP contribution < -0.4 is 5.32 Å². The van der Waals surface area contributed by atoms with Crippen molar-refractivity contribution in [3.63, 3.8) is 0 Å². The summed E-state index contributed by atoms with van der Waals surface area (Å²) in [7, 11) is 0. The molecule has 1 N–H and O–H groups in total. The normalized spacial score (nSPS) is 31.3.